The van der Waals surface area contributed by atoms with Crippen molar-refractivity contribution in [3.63, 3.8) is 0 Å². The first-order chi connectivity index (χ1) is 13.0. The first-order valence-electron chi connectivity index (χ1n) is 8.26. The number of aromatic nitrogens is 2. The van der Waals surface area contributed by atoms with Gasteiger partial charge in [-0.1, -0.05) is 35.9 Å². The van der Waals surface area contributed by atoms with E-state index in [4.69, 9.17) is 10.00 Å². The molecule has 0 radical (unpaired) electrons. The topological polar surface area (TPSA) is 85.0 Å². The van der Waals surface area contributed by atoms with E-state index >= 15 is 0 Å². The number of benzene rings is 1. The number of nitriles is 1. The summed E-state index contributed by atoms with van der Waals surface area (Å²) in [7, 11) is 0. The molecule has 0 N–H and O–H groups in total. The van der Waals surface area contributed by atoms with Gasteiger partial charge in [-0.3, -0.25) is 9.36 Å². The van der Waals surface area contributed by atoms with E-state index in [1.807, 2.05) is 41.8 Å². The lowest BCUT2D eigenvalue weighted by Crippen LogP contribution is -2.25. The molecule has 0 aliphatic carbocycles. The van der Waals surface area contributed by atoms with E-state index in [1.165, 1.54) is 22.0 Å². The van der Waals surface area contributed by atoms with Crippen molar-refractivity contribution in [2.75, 3.05) is 0 Å². The number of fused-ring (bicyclic) bond motifs is 1. The number of esters is 1. The molecule has 3 aromatic rings. The van der Waals surface area contributed by atoms with Gasteiger partial charge in [0.2, 0.25) is 0 Å². The summed E-state index contributed by atoms with van der Waals surface area (Å²) in [4.78, 5) is 29.8. The summed E-state index contributed by atoms with van der Waals surface area (Å²) in [6.07, 6.45) is 1.37. The van der Waals surface area contributed by atoms with Gasteiger partial charge in [-0.05, 0) is 19.4 Å². The van der Waals surface area contributed by atoms with Crippen LogP contribution in [0.4, 0.5) is 0 Å². The van der Waals surface area contributed by atoms with Crippen molar-refractivity contribution in [2.45, 2.75) is 27.0 Å². The molecular formula is C20H17N3O3S. The van der Waals surface area contributed by atoms with Crippen LogP contribution in [0, 0.1) is 11.3 Å². The van der Waals surface area contributed by atoms with Crippen LogP contribution in [0.1, 0.15) is 19.7 Å². The number of carbonyl (C=O) groups excluding carboxylic acids is 1. The van der Waals surface area contributed by atoms with E-state index in [0.717, 1.165) is 16.7 Å². The first-order valence-corrected chi connectivity index (χ1v) is 9.14. The molecular weight excluding hydrogens is 362 g/mol. The molecule has 136 valence electrons. The highest BCUT2D eigenvalue weighted by molar-refractivity contribution is 7.17. The molecule has 1 aromatic carbocycles. The number of thiophene rings is 1. The van der Waals surface area contributed by atoms with Crippen molar-refractivity contribution >= 4 is 27.5 Å². The zero-order chi connectivity index (χ0) is 19.4. The lowest BCUT2D eigenvalue weighted by atomic mass is 10.1. The molecule has 0 aliphatic rings. The molecule has 0 aliphatic heterocycles. The van der Waals surface area contributed by atoms with Gasteiger partial charge in [0.25, 0.3) is 5.56 Å². The molecule has 7 heteroatoms. The summed E-state index contributed by atoms with van der Waals surface area (Å²) < 4.78 is 6.44. The smallest absolute Gasteiger partial charge is 0.331 e. The first kappa shape index (κ1) is 18.5. The second kappa shape index (κ2) is 7.98. The number of nitrogens with zero attached hydrogens (tertiary/aromatic N) is 3. The van der Waals surface area contributed by atoms with Gasteiger partial charge >= 0.3 is 5.97 Å². The number of ether oxygens (including phenoxy) is 1. The van der Waals surface area contributed by atoms with Crippen LogP contribution in [0.2, 0.25) is 0 Å². The molecule has 0 fully saturated rings. The lowest BCUT2D eigenvalue weighted by molar-refractivity contribution is -0.139. The third-order valence-electron chi connectivity index (χ3n) is 3.84. The second-order valence-corrected chi connectivity index (χ2v) is 6.96. The summed E-state index contributed by atoms with van der Waals surface area (Å²) in [6, 6.07) is 11.5. The Hall–Kier alpha value is -3.24. The molecule has 3 rings (SSSR count). The molecule has 0 atom stereocenters. The zero-order valence-electron chi connectivity index (χ0n) is 14.9. The third-order valence-corrected chi connectivity index (χ3v) is 4.71. The van der Waals surface area contributed by atoms with Gasteiger partial charge in [-0.2, -0.15) is 5.26 Å². The Morgan fingerprint density at radius 3 is 2.74 bits per heavy atom. The van der Waals surface area contributed by atoms with Crippen LogP contribution in [-0.4, -0.2) is 15.5 Å². The summed E-state index contributed by atoms with van der Waals surface area (Å²) in [5, 5.41) is 11.5. The Bertz CT molecular complexity index is 1120. The van der Waals surface area contributed by atoms with Gasteiger partial charge in [0, 0.05) is 17.0 Å². The SMILES string of the molecule is CC(C)=CC(=O)OCc1nc2scc(-c3ccccc3)c2c(=O)n1CC#N. The molecule has 0 saturated heterocycles. The third kappa shape index (κ3) is 3.96. The highest BCUT2D eigenvalue weighted by atomic mass is 32.1. The molecule has 0 saturated carbocycles. The van der Waals surface area contributed by atoms with Crippen molar-refractivity contribution in [1.29, 1.82) is 5.26 Å². The second-order valence-electron chi connectivity index (χ2n) is 6.10. The number of allylic oxidation sites excluding steroid dienone is 1. The molecule has 2 aromatic heterocycles. The maximum atomic E-state index is 13.0. The Balaban J connectivity index is 2.07. The van der Waals surface area contributed by atoms with Crippen molar-refractivity contribution in [2.24, 2.45) is 0 Å². The molecule has 0 bridgehead atoms. The zero-order valence-corrected chi connectivity index (χ0v) is 15.7. The van der Waals surface area contributed by atoms with Crippen molar-refractivity contribution in [3.8, 4) is 17.2 Å². The van der Waals surface area contributed by atoms with E-state index < -0.39 is 5.97 Å². The van der Waals surface area contributed by atoms with Gasteiger partial charge in [0.05, 0.1) is 11.5 Å². The van der Waals surface area contributed by atoms with E-state index in [9.17, 15) is 9.59 Å². The normalized spacial score (nSPS) is 10.4. The van der Waals surface area contributed by atoms with Crippen LogP contribution in [0.25, 0.3) is 21.3 Å². The molecule has 2 heterocycles. The molecule has 27 heavy (non-hydrogen) atoms. The highest BCUT2D eigenvalue weighted by Crippen LogP contribution is 2.30. The van der Waals surface area contributed by atoms with Crippen LogP contribution in [0.3, 0.4) is 0 Å². The van der Waals surface area contributed by atoms with E-state index in [0.29, 0.717) is 10.2 Å². The number of carbonyl (C=O) groups is 1. The van der Waals surface area contributed by atoms with Gasteiger partial charge in [-0.15, -0.1) is 11.3 Å². The van der Waals surface area contributed by atoms with Crippen LogP contribution >= 0.6 is 11.3 Å². The summed E-state index contributed by atoms with van der Waals surface area (Å²) in [6.45, 7) is 3.23. The fourth-order valence-electron chi connectivity index (χ4n) is 2.65. The average Bonchev–Trinajstić information content (AvgIpc) is 3.07. The van der Waals surface area contributed by atoms with Gasteiger partial charge in [0.1, 0.15) is 18.0 Å². The van der Waals surface area contributed by atoms with Gasteiger partial charge in [-0.25, -0.2) is 9.78 Å². The summed E-state index contributed by atoms with van der Waals surface area (Å²) >= 11 is 1.35. The van der Waals surface area contributed by atoms with Crippen LogP contribution in [0.5, 0.6) is 0 Å². The van der Waals surface area contributed by atoms with Crippen LogP contribution in [-0.2, 0) is 22.7 Å². The van der Waals surface area contributed by atoms with E-state index in [-0.39, 0.29) is 24.5 Å². The van der Waals surface area contributed by atoms with Crippen LogP contribution in [0.15, 0.2) is 52.2 Å². The predicted molar refractivity (Wildman–Crippen MR) is 104 cm³/mol. The lowest BCUT2D eigenvalue weighted by Gasteiger charge is -2.10. The largest absolute Gasteiger partial charge is 0.454 e. The molecule has 0 spiro atoms. The Morgan fingerprint density at radius 1 is 1.33 bits per heavy atom. The maximum Gasteiger partial charge on any atom is 0.331 e. The monoisotopic (exact) mass is 379 g/mol. The maximum absolute atomic E-state index is 13.0. The minimum absolute atomic E-state index is 0.165. The molecule has 6 nitrogen and oxygen atoms in total. The molecule has 0 amide bonds. The van der Waals surface area contributed by atoms with Gasteiger partial charge in [0.15, 0.2) is 5.82 Å². The highest BCUT2D eigenvalue weighted by Gasteiger charge is 2.17. The fraction of sp³-hybridized carbons (Fsp3) is 0.200. The number of rotatable bonds is 5. The fourth-order valence-corrected chi connectivity index (χ4v) is 3.61. The van der Waals surface area contributed by atoms with Crippen molar-refractivity contribution in [1.82, 2.24) is 9.55 Å². The Labute approximate surface area is 160 Å². The Morgan fingerprint density at radius 2 is 2.07 bits per heavy atom. The van der Waals surface area contributed by atoms with E-state index in [1.54, 1.807) is 13.8 Å². The van der Waals surface area contributed by atoms with Crippen LogP contribution < -0.4 is 5.56 Å². The number of hydrogen-bond acceptors (Lipinski definition) is 6. The van der Waals surface area contributed by atoms with Crippen molar-refractivity contribution in [3.05, 3.63) is 63.5 Å². The predicted octanol–water partition coefficient (Wildman–Crippen LogP) is 3.66. The average molecular weight is 379 g/mol. The summed E-state index contributed by atoms with van der Waals surface area (Å²) in [5.74, 6) is -0.255. The standard InChI is InChI=1S/C20H17N3O3S/c1-13(2)10-17(24)26-11-16-22-19-18(20(25)23(16)9-8-21)15(12-27-19)14-6-4-3-5-7-14/h3-7,10,12H,9,11H2,1-2H3. The van der Waals surface area contributed by atoms with E-state index in [2.05, 4.69) is 4.98 Å². The van der Waals surface area contributed by atoms with Gasteiger partial charge < -0.3 is 4.74 Å². The molecule has 0 unspecified atom stereocenters. The number of hydrogen-bond donors (Lipinski definition) is 0. The minimum atomic E-state index is -0.510. The quantitative estimate of drug-likeness (QED) is 0.499. The minimum Gasteiger partial charge on any atom is -0.454 e. The van der Waals surface area contributed by atoms with Crippen molar-refractivity contribution < 1.29 is 9.53 Å². The summed E-state index contributed by atoms with van der Waals surface area (Å²) in [5.41, 5.74) is 2.19. The Kier molecular flexibility index (Phi) is 5.48.